The zero-order valence-electron chi connectivity index (χ0n) is 13.0. The third kappa shape index (κ3) is 4.65. The van der Waals surface area contributed by atoms with Crippen LogP contribution in [0.1, 0.15) is 22.8 Å². The standard InChI is InChI=1S/C16H20N4O3/c1-2-23-16(22)13-14(17-8-9-21)19-11-20-15(13)18-10-12-6-4-3-5-7-12/h3-7,11,21H,2,8-10H2,1H3,(H2,17,18,19,20). The van der Waals surface area contributed by atoms with Gasteiger partial charge in [0.15, 0.2) is 0 Å². The topological polar surface area (TPSA) is 96.4 Å². The molecule has 0 aliphatic heterocycles. The van der Waals surface area contributed by atoms with E-state index in [0.717, 1.165) is 5.56 Å². The molecule has 1 heterocycles. The van der Waals surface area contributed by atoms with Crippen molar-refractivity contribution in [2.45, 2.75) is 13.5 Å². The molecular weight excluding hydrogens is 296 g/mol. The van der Waals surface area contributed by atoms with E-state index in [-0.39, 0.29) is 25.3 Å². The first-order valence-electron chi connectivity index (χ1n) is 7.41. The van der Waals surface area contributed by atoms with Crippen LogP contribution >= 0.6 is 0 Å². The van der Waals surface area contributed by atoms with Crippen molar-refractivity contribution in [2.75, 3.05) is 30.4 Å². The number of hydrogen-bond acceptors (Lipinski definition) is 7. The lowest BCUT2D eigenvalue weighted by atomic mass is 10.2. The Balaban J connectivity index is 2.24. The third-order valence-electron chi connectivity index (χ3n) is 3.03. The van der Waals surface area contributed by atoms with E-state index >= 15 is 0 Å². The zero-order valence-corrected chi connectivity index (χ0v) is 13.0. The predicted octanol–water partition coefficient (Wildman–Crippen LogP) is 1.67. The van der Waals surface area contributed by atoms with Crippen LogP contribution in [0.5, 0.6) is 0 Å². The maximum absolute atomic E-state index is 12.2. The fourth-order valence-electron chi connectivity index (χ4n) is 2.01. The highest BCUT2D eigenvalue weighted by molar-refractivity contribution is 5.99. The molecule has 0 atom stereocenters. The summed E-state index contributed by atoms with van der Waals surface area (Å²) < 4.78 is 5.08. The molecule has 0 spiro atoms. The molecule has 1 aromatic heterocycles. The molecule has 0 fully saturated rings. The zero-order chi connectivity index (χ0) is 16.5. The Morgan fingerprint density at radius 3 is 2.52 bits per heavy atom. The molecule has 2 aromatic rings. The first-order chi connectivity index (χ1) is 11.3. The van der Waals surface area contributed by atoms with Crippen molar-refractivity contribution in [2.24, 2.45) is 0 Å². The van der Waals surface area contributed by atoms with Crippen molar-refractivity contribution in [3.05, 3.63) is 47.8 Å². The van der Waals surface area contributed by atoms with Crippen LogP contribution in [0.3, 0.4) is 0 Å². The molecule has 0 aliphatic carbocycles. The molecule has 0 aliphatic rings. The van der Waals surface area contributed by atoms with Gasteiger partial charge in [0.1, 0.15) is 23.5 Å². The number of nitrogens with zero attached hydrogens (tertiary/aromatic N) is 2. The fourth-order valence-corrected chi connectivity index (χ4v) is 2.01. The first-order valence-corrected chi connectivity index (χ1v) is 7.41. The van der Waals surface area contributed by atoms with Crippen LogP contribution in [0.25, 0.3) is 0 Å². The van der Waals surface area contributed by atoms with Crippen molar-refractivity contribution in [3.63, 3.8) is 0 Å². The minimum atomic E-state index is -0.510. The number of anilines is 2. The Morgan fingerprint density at radius 1 is 1.17 bits per heavy atom. The van der Waals surface area contributed by atoms with Crippen molar-refractivity contribution >= 4 is 17.6 Å². The SMILES string of the molecule is CCOC(=O)c1c(NCCO)ncnc1NCc1ccccc1. The Kier molecular flexibility index (Phi) is 6.31. The molecule has 3 N–H and O–H groups in total. The van der Waals surface area contributed by atoms with E-state index in [2.05, 4.69) is 20.6 Å². The maximum Gasteiger partial charge on any atom is 0.345 e. The number of ether oxygens (including phenoxy) is 1. The highest BCUT2D eigenvalue weighted by Gasteiger charge is 2.20. The molecule has 7 heteroatoms. The summed E-state index contributed by atoms with van der Waals surface area (Å²) in [6.07, 6.45) is 1.36. The molecule has 2 rings (SSSR count). The van der Waals surface area contributed by atoms with Gasteiger partial charge in [-0.1, -0.05) is 30.3 Å². The lowest BCUT2D eigenvalue weighted by Crippen LogP contribution is -2.17. The van der Waals surface area contributed by atoms with Crippen LogP contribution in [0, 0.1) is 0 Å². The van der Waals surface area contributed by atoms with Crippen molar-refractivity contribution < 1.29 is 14.6 Å². The normalized spacial score (nSPS) is 10.2. The number of carbonyl (C=O) groups excluding carboxylic acids is 1. The number of nitrogens with one attached hydrogen (secondary N) is 2. The van der Waals surface area contributed by atoms with Gasteiger partial charge in [-0.2, -0.15) is 0 Å². The minimum Gasteiger partial charge on any atom is -0.462 e. The molecule has 122 valence electrons. The van der Waals surface area contributed by atoms with Gasteiger partial charge in [0.05, 0.1) is 13.2 Å². The fraction of sp³-hybridized carbons (Fsp3) is 0.312. The van der Waals surface area contributed by atoms with E-state index in [1.165, 1.54) is 6.33 Å². The van der Waals surface area contributed by atoms with Crippen LogP contribution in [0.15, 0.2) is 36.7 Å². The first kappa shape index (κ1) is 16.7. The van der Waals surface area contributed by atoms with Crippen LogP contribution in [-0.2, 0) is 11.3 Å². The summed E-state index contributed by atoms with van der Waals surface area (Å²) in [5.41, 5.74) is 1.30. The van der Waals surface area contributed by atoms with Gasteiger partial charge in [0, 0.05) is 13.1 Å². The summed E-state index contributed by atoms with van der Waals surface area (Å²) in [7, 11) is 0. The van der Waals surface area contributed by atoms with Gasteiger partial charge in [0.25, 0.3) is 0 Å². The number of aromatic nitrogens is 2. The highest BCUT2D eigenvalue weighted by Crippen LogP contribution is 2.21. The smallest absolute Gasteiger partial charge is 0.345 e. The van der Waals surface area contributed by atoms with Crippen molar-refractivity contribution in [3.8, 4) is 0 Å². The lowest BCUT2D eigenvalue weighted by Gasteiger charge is -2.14. The molecular formula is C16H20N4O3. The number of hydrogen-bond donors (Lipinski definition) is 3. The lowest BCUT2D eigenvalue weighted by molar-refractivity contribution is 0.0527. The van der Waals surface area contributed by atoms with Crippen LogP contribution < -0.4 is 10.6 Å². The summed E-state index contributed by atoms with van der Waals surface area (Å²) in [6.45, 7) is 2.72. The second-order valence-corrected chi connectivity index (χ2v) is 4.66. The summed E-state index contributed by atoms with van der Waals surface area (Å²) in [5.74, 6) is 0.218. The second-order valence-electron chi connectivity index (χ2n) is 4.66. The molecule has 0 radical (unpaired) electrons. The molecule has 23 heavy (non-hydrogen) atoms. The molecule has 0 amide bonds. The molecule has 0 saturated heterocycles. The van der Waals surface area contributed by atoms with Gasteiger partial charge < -0.3 is 20.5 Å². The van der Waals surface area contributed by atoms with E-state index in [9.17, 15) is 4.79 Å². The molecule has 7 nitrogen and oxygen atoms in total. The largest absolute Gasteiger partial charge is 0.462 e. The third-order valence-corrected chi connectivity index (χ3v) is 3.03. The number of benzene rings is 1. The van der Waals surface area contributed by atoms with Gasteiger partial charge in [-0.05, 0) is 12.5 Å². The summed E-state index contributed by atoms with van der Waals surface area (Å²) in [5, 5.41) is 15.0. The van der Waals surface area contributed by atoms with Gasteiger partial charge in [-0.15, -0.1) is 0 Å². The highest BCUT2D eigenvalue weighted by atomic mass is 16.5. The minimum absolute atomic E-state index is 0.0704. The number of rotatable bonds is 8. The number of aliphatic hydroxyl groups is 1. The Hall–Kier alpha value is -2.67. The van der Waals surface area contributed by atoms with Gasteiger partial charge in [-0.3, -0.25) is 0 Å². The molecule has 0 unspecified atom stereocenters. The monoisotopic (exact) mass is 316 g/mol. The van der Waals surface area contributed by atoms with E-state index in [1.54, 1.807) is 6.92 Å². The van der Waals surface area contributed by atoms with E-state index in [0.29, 0.717) is 18.2 Å². The summed E-state index contributed by atoms with van der Waals surface area (Å²) >= 11 is 0. The van der Waals surface area contributed by atoms with Gasteiger partial charge in [-0.25, -0.2) is 14.8 Å². The van der Waals surface area contributed by atoms with E-state index in [1.807, 2.05) is 30.3 Å². The van der Waals surface area contributed by atoms with Gasteiger partial charge >= 0.3 is 5.97 Å². The van der Waals surface area contributed by atoms with Crippen LogP contribution in [0.2, 0.25) is 0 Å². The quantitative estimate of drug-likeness (QED) is 0.637. The van der Waals surface area contributed by atoms with Crippen LogP contribution in [-0.4, -0.2) is 40.8 Å². The maximum atomic E-state index is 12.2. The van der Waals surface area contributed by atoms with E-state index in [4.69, 9.17) is 9.84 Å². The predicted molar refractivity (Wildman–Crippen MR) is 87.3 cm³/mol. The Labute approximate surface area is 134 Å². The van der Waals surface area contributed by atoms with Gasteiger partial charge in [0.2, 0.25) is 0 Å². The summed E-state index contributed by atoms with van der Waals surface area (Å²) in [4.78, 5) is 20.4. The van der Waals surface area contributed by atoms with E-state index < -0.39 is 5.97 Å². The average molecular weight is 316 g/mol. The molecule has 0 bridgehead atoms. The average Bonchev–Trinajstić information content (AvgIpc) is 2.59. The Morgan fingerprint density at radius 2 is 1.87 bits per heavy atom. The van der Waals surface area contributed by atoms with Crippen LogP contribution in [0.4, 0.5) is 11.6 Å². The Bertz CT molecular complexity index is 634. The molecule has 1 aromatic carbocycles. The summed E-state index contributed by atoms with van der Waals surface area (Å²) in [6, 6.07) is 9.77. The number of carbonyl (C=O) groups is 1. The number of aliphatic hydroxyl groups excluding tert-OH is 1. The molecule has 0 saturated carbocycles. The number of esters is 1. The second kappa shape index (κ2) is 8.70. The van der Waals surface area contributed by atoms with Crippen molar-refractivity contribution in [1.29, 1.82) is 0 Å². The van der Waals surface area contributed by atoms with Crippen molar-refractivity contribution in [1.82, 2.24) is 9.97 Å².